The van der Waals surface area contributed by atoms with Crippen LogP contribution in [0.1, 0.15) is 213 Å². The van der Waals surface area contributed by atoms with Crippen molar-refractivity contribution in [2.75, 3.05) is 0 Å². The van der Waals surface area contributed by atoms with E-state index >= 15 is 0 Å². The quantitative estimate of drug-likeness (QED) is 0.0588. The molecular weight excluding hydrogens is 562 g/mol. The van der Waals surface area contributed by atoms with Gasteiger partial charge in [-0.2, -0.15) is 0 Å². The smallest absolute Gasteiger partial charge is 0.303 e. The molecule has 0 rings (SSSR count). The molecule has 41 heavy (non-hydrogen) atoms. The first kappa shape index (κ1) is 45.0. The van der Waals surface area contributed by atoms with Crippen LogP contribution in [0.25, 0.3) is 0 Å². The molecule has 0 aromatic heterocycles. The second-order valence-electron chi connectivity index (χ2n) is 12.7. The van der Waals surface area contributed by atoms with Crippen LogP contribution < -0.4 is 0 Å². The third-order valence-corrected chi connectivity index (χ3v) is 7.92. The van der Waals surface area contributed by atoms with Gasteiger partial charge in [0.05, 0.1) is 0 Å². The summed E-state index contributed by atoms with van der Waals surface area (Å²) in [4.78, 5) is 20.7. The largest absolute Gasteiger partial charge is 0.481 e. The second-order valence-corrected chi connectivity index (χ2v) is 12.7. The zero-order chi connectivity index (χ0) is 29.9. The van der Waals surface area contributed by atoms with Gasteiger partial charge in [0.2, 0.25) is 0 Å². The number of carboxylic acid groups (broad SMARTS) is 2. The van der Waals surface area contributed by atoms with E-state index in [0.717, 1.165) is 31.6 Å². The van der Waals surface area contributed by atoms with Gasteiger partial charge < -0.3 is 10.2 Å². The molecule has 0 heterocycles. The number of unbranched alkanes of at least 4 members (excludes halogenated alkanes) is 25. The summed E-state index contributed by atoms with van der Waals surface area (Å²) in [5.74, 6) is -0.441. The summed E-state index contributed by atoms with van der Waals surface area (Å²) in [5.41, 5.74) is 0. The van der Waals surface area contributed by atoms with E-state index in [1.807, 2.05) is 0 Å². The fraction of sp³-hybridized carbons (Fsp3) is 0.944. The van der Waals surface area contributed by atoms with Crippen LogP contribution in [0.5, 0.6) is 0 Å². The molecule has 0 fully saturated rings. The fourth-order valence-electron chi connectivity index (χ4n) is 5.24. The van der Waals surface area contributed by atoms with Gasteiger partial charge in [-0.3, -0.25) is 9.59 Å². The monoisotopic (exact) mass is 632 g/mol. The van der Waals surface area contributed by atoms with Crippen LogP contribution in [0.4, 0.5) is 0 Å². The van der Waals surface area contributed by atoms with Crippen LogP contribution in [-0.4, -0.2) is 22.2 Å². The van der Waals surface area contributed by atoms with Crippen molar-refractivity contribution < 1.29 is 39.3 Å². The molecule has 0 aromatic rings. The van der Waals surface area contributed by atoms with E-state index in [2.05, 4.69) is 20.8 Å². The van der Waals surface area contributed by atoms with Crippen LogP contribution in [-0.2, 0) is 29.1 Å². The number of hydrogen-bond donors (Lipinski definition) is 2. The summed E-state index contributed by atoms with van der Waals surface area (Å²) in [6, 6.07) is 0. The predicted molar refractivity (Wildman–Crippen MR) is 174 cm³/mol. The van der Waals surface area contributed by atoms with Gasteiger partial charge in [0.15, 0.2) is 0 Å². The maximum absolute atomic E-state index is 10.3. The normalized spacial score (nSPS) is 10.7. The van der Waals surface area contributed by atoms with Crippen LogP contribution in [0.15, 0.2) is 0 Å². The zero-order valence-corrected chi connectivity index (χ0v) is 31.2. The van der Waals surface area contributed by atoms with E-state index in [1.165, 1.54) is 154 Å². The standard InChI is InChI=1S/2C18H36O2.Zn/c1-17(2)15-13-11-9-7-5-3-4-6-8-10-12-14-16-18(19)20;1-2-3-4-5-6-7-8-9-10-11-12-13-14-15-16-17-18(19)20;/h17H,3-16H2,1-2H3,(H,19,20);2-17H2,1H3,(H,19,20);. The topological polar surface area (TPSA) is 74.6 Å². The molecule has 4 nitrogen and oxygen atoms in total. The molecule has 0 amide bonds. The van der Waals surface area contributed by atoms with E-state index in [-0.39, 0.29) is 19.5 Å². The Labute approximate surface area is 269 Å². The minimum Gasteiger partial charge on any atom is -0.481 e. The van der Waals surface area contributed by atoms with Crippen LogP contribution in [0.3, 0.4) is 0 Å². The van der Waals surface area contributed by atoms with Crippen LogP contribution in [0, 0.1) is 5.92 Å². The SMILES string of the molecule is CC(C)CCCCCCCCCCCCCCC(=O)O.CCCCCCCCCCCCCCCCCC(=O)O.[Zn]. The fourth-order valence-corrected chi connectivity index (χ4v) is 5.24. The Balaban J connectivity index is -0.000000688. The molecule has 0 aromatic carbocycles. The number of aliphatic carboxylic acids is 2. The molecule has 0 unspecified atom stereocenters. The molecule has 2 N–H and O–H groups in total. The summed E-state index contributed by atoms with van der Waals surface area (Å²) in [6.45, 7) is 6.88. The van der Waals surface area contributed by atoms with Crippen molar-refractivity contribution in [3.05, 3.63) is 0 Å². The van der Waals surface area contributed by atoms with Crippen molar-refractivity contribution in [2.24, 2.45) is 5.92 Å². The minimum atomic E-state index is -0.654. The first-order valence-corrected chi connectivity index (χ1v) is 17.8. The molecule has 0 radical (unpaired) electrons. The van der Waals surface area contributed by atoms with Crippen molar-refractivity contribution in [1.82, 2.24) is 0 Å². The number of rotatable bonds is 31. The third-order valence-electron chi connectivity index (χ3n) is 7.92. The van der Waals surface area contributed by atoms with Crippen molar-refractivity contribution in [2.45, 2.75) is 213 Å². The summed E-state index contributed by atoms with van der Waals surface area (Å²) >= 11 is 0. The number of hydrogen-bond acceptors (Lipinski definition) is 2. The van der Waals surface area contributed by atoms with Crippen LogP contribution in [0.2, 0.25) is 0 Å². The molecule has 0 aliphatic rings. The minimum absolute atomic E-state index is 0. The number of carbonyl (C=O) groups is 2. The van der Waals surface area contributed by atoms with Crippen molar-refractivity contribution in [1.29, 1.82) is 0 Å². The Morgan fingerprint density at radius 2 is 0.634 bits per heavy atom. The molecule has 0 bridgehead atoms. The zero-order valence-electron chi connectivity index (χ0n) is 28.2. The summed E-state index contributed by atoms with van der Waals surface area (Å²) in [5, 5.41) is 17.0. The molecule has 0 atom stereocenters. The van der Waals surface area contributed by atoms with E-state index in [4.69, 9.17) is 10.2 Å². The van der Waals surface area contributed by atoms with Gasteiger partial charge in [0.1, 0.15) is 0 Å². The van der Waals surface area contributed by atoms with Crippen molar-refractivity contribution in [3.8, 4) is 0 Å². The van der Waals surface area contributed by atoms with E-state index in [0.29, 0.717) is 12.8 Å². The summed E-state index contributed by atoms with van der Waals surface area (Å²) in [7, 11) is 0. The molecule has 0 aliphatic heterocycles. The van der Waals surface area contributed by atoms with Crippen molar-refractivity contribution in [3.63, 3.8) is 0 Å². The van der Waals surface area contributed by atoms with E-state index in [1.54, 1.807) is 0 Å². The van der Waals surface area contributed by atoms with Crippen LogP contribution >= 0.6 is 0 Å². The first-order valence-electron chi connectivity index (χ1n) is 17.8. The molecule has 5 heteroatoms. The molecular formula is C36H72O4Zn. The van der Waals surface area contributed by atoms with Crippen molar-refractivity contribution >= 4 is 11.9 Å². The van der Waals surface area contributed by atoms with Gasteiger partial charge in [0.25, 0.3) is 0 Å². The Bertz CT molecular complexity index is 510. The Kier molecular flexibility index (Phi) is 43.4. The number of carboxylic acids is 2. The molecule has 0 aliphatic carbocycles. The average molecular weight is 634 g/mol. The second kappa shape index (κ2) is 39.6. The third kappa shape index (κ3) is 49.6. The maximum atomic E-state index is 10.3. The van der Waals surface area contributed by atoms with Gasteiger partial charge in [-0.25, -0.2) is 0 Å². The van der Waals surface area contributed by atoms with E-state index in [9.17, 15) is 9.59 Å². The average Bonchev–Trinajstić information content (AvgIpc) is 2.91. The molecule has 0 spiro atoms. The first-order chi connectivity index (χ1) is 19.4. The van der Waals surface area contributed by atoms with Gasteiger partial charge in [-0.1, -0.05) is 188 Å². The van der Waals surface area contributed by atoms with Gasteiger partial charge in [-0.05, 0) is 18.8 Å². The van der Waals surface area contributed by atoms with Gasteiger partial charge in [0, 0.05) is 32.3 Å². The molecule has 242 valence electrons. The molecule has 0 saturated heterocycles. The van der Waals surface area contributed by atoms with Gasteiger partial charge in [-0.15, -0.1) is 0 Å². The maximum Gasteiger partial charge on any atom is 0.303 e. The summed E-state index contributed by atoms with van der Waals surface area (Å²) in [6.07, 6.45) is 37.5. The Hall–Kier alpha value is -0.437. The summed E-state index contributed by atoms with van der Waals surface area (Å²) < 4.78 is 0. The Morgan fingerprint density at radius 3 is 0.854 bits per heavy atom. The Morgan fingerprint density at radius 1 is 0.415 bits per heavy atom. The van der Waals surface area contributed by atoms with E-state index < -0.39 is 11.9 Å². The molecule has 0 saturated carbocycles. The predicted octanol–water partition coefficient (Wildman–Crippen LogP) is 12.5. The van der Waals surface area contributed by atoms with Gasteiger partial charge >= 0.3 is 11.9 Å².